The molecule has 0 aliphatic heterocycles. The molecule has 5 heteroatoms. The summed E-state index contributed by atoms with van der Waals surface area (Å²) in [5.41, 5.74) is 11.1. The first-order chi connectivity index (χ1) is 18.0. The minimum atomic E-state index is -0.687. The maximum absolute atomic E-state index is 11.2. The third-order valence-corrected chi connectivity index (χ3v) is 6.61. The minimum absolute atomic E-state index is 0.203. The fourth-order valence-electron chi connectivity index (χ4n) is 4.42. The number of aliphatic hydroxyl groups is 1. The molecule has 0 aliphatic carbocycles. The van der Waals surface area contributed by atoms with Gasteiger partial charge in [0.2, 0.25) is 0 Å². The van der Waals surface area contributed by atoms with E-state index >= 15 is 0 Å². The fraction of sp³-hybridized carbons (Fsp3) is 0.250. The van der Waals surface area contributed by atoms with Crippen LogP contribution in [0.25, 0.3) is 0 Å². The number of anilines is 1. The number of nitrogen functional groups attached to an aromatic ring is 1. The van der Waals surface area contributed by atoms with E-state index in [1.54, 1.807) is 7.11 Å². The van der Waals surface area contributed by atoms with Gasteiger partial charge >= 0.3 is 0 Å². The van der Waals surface area contributed by atoms with Crippen LogP contribution >= 0.6 is 0 Å². The Morgan fingerprint density at radius 2 is 1.46 bits per heavy atom. The lowest BCUT2D eigenvalue weighted by Gasteiger charge is -2.31. The smallest absolute Gasteiger partial charge is 0.142 e. The first kappa shape index (κ1) is 26.3. The lowest BCUT2D eigenvalue weighted by Crippen LogP contribution is -2.37. The molecule has 0 saturated heterocycles. The Kier molecular flexibility index (Phi) is 9.19. The second kappa shape index (κ2) is 12.9. The van der Waals surface area contributed by atoms with Gasteiger partial charge in [-0.2, -0.15) is 0 Å². The Balaban J connectivity index is 1.45. The molecule has 4 rings (SSSR count). The van der Waals surface area contributed by atoms with Crippen LogP contribution in [0.2, 0.25) is 0 Å². The van der Waals surface area contributed by atoms with E-state index < -0.39 is 6.10 Å². The summed E-state index contributed by atoms with van der Waals surface area (Å²) in [5.74, 6) is 1.47. The SMILES string of the molecule is COc1ccc(C[C@@H](C)N(Cc2ccccc2)C[C@@H](O)c2ccc(OCc3ccccc3)c(N)c2)cc1. The van der Waals surface area contributed by atoms with Crippen molar-refractivity contribution in [1.82, 2.24) is 4.90 Å². The van der Waals surface area contributed by atoms with Crippen molar-refractivity contribution < 1.29 is 14.6 Å². The summed E-state index contributed by atoms with van der Waals surface area (Å²) in [6.07, 6.45) is 0.172. The molecule has 192 valence electrons. The van der Waals surface area contributed by atoms with Gasteiger partial charge in [0.25, 0.3) is 0 Å². The molecule has 0 spiro atoms. The largest absolute Gasteiger partial charge is 0.497 e. The molecule has 2 atom stereocenters. The predicted molar refractivity (Wildman–Crippen MR) is 150 cm³/mol. The highest BCUT2D eigenvalue weighted by molar-refractivity contribution is 5.54. The standard InChI is InChI=1S/C32H36N2O3/c1-24(19-25-13-16-29(36-2)17-14-25)34(21-26-9-5-3-6-10-26)22-31(35)28-15-18-32(30(33)20-28)37-23-27-11-7-4-8-12-27/h3-18,20,24,31,35H,19,21-23,33H2,1-2H3/t24-,31-/m1/s1. The summed E-state index contributed by atoms with van der Waals surface area (Å²) in [5, 5.41) is 11.2. The molecule has 5 nitrogen and oxygen atoms in total. The average Bonchev–Trinajstić information content (AvgIpc) is 2.93. The maximum Gasteiger partial charge on any atom is 0.142 e. The number of methoxy groups -OCH3 is 1. The van der Waals surface area contributed by atoms with Gasteiger partial charge < -0.3 is 20.3 Å². The summed E-state index contributed by atoms with van der Waals surface area (Å²) >= 11 is 0. The van der Waals surface area contributed by atoms with Crippen LogP contribution in [0.5, 0.6) is 11.5 Å². The second-order valence-corrected chi connectivity index (χ2v) is 9.40. The number of hydrogen-bond donors (Lipinski definition) is 2. The lowest BCUT2D eigenvalue weighted by molar-refractivity contribution is 0.0859. The highest BCUT2D eigenvalue weighted by Gasteiger charge is 2.20. The molecular formula is C32H36N2O3. The van der Waals surface area contributed by atoms with Gasteiger partial charge in [-0.25, -0.2) is 0 Å². The lowest BCUT2D eigenvalue weighted by atomic mass is 10.0. The van der Waals surface area contributed by atoms with E-state index in [0.29, 0.717) is 24.6 Å². The van der Waals surface area contributed by atoms with Crippen molar-refractivity contribution in [2.75, 3.05) is 19.4 Å². The van der Waals surface area contributed by atoms with Crippen LogP contribution in [0.1, 0.15) is 35.3 Å². The van der Waals surface area contributed by atoms with Gasteiger partial charge in [-0.15, -0.1) is 0 Å². The number of hydrogen-bond acceptors (Lipinski definition) is 5. The van der Waals surface area contributed by atoms with Crippen molar-refractivity contribution in [2.45, 2.75) is 38.6 Å². The summed E-state index contributed by atoms with van der Waals surface area (Å²) in [4.78, 5) is 2.32. The maximum atomic E-state index is 11.2. The summed E-state index contributed by atoms with van der Waals surface area (Å²) in [6.45, 7) is 3.87. The van der Waals surface area contributed by atoms with Crippen LogP contribution in [0, 0.1) is 0 Å². The first-order valence-corrected chi connectivity index (χ1v) is 12.7. The van der Waals surface area contributed by atoms with Crippen LogP contribution < -0.4 is 15.2 Å². The Labute approximate surface area is 220 Å². The number of rotatable bonds is 12. The Morgan fingerprint density at radius 1 is 0.811 bits per heavy atom. The monoisotopic (exact) mass is 496 g/mol. The normalized spacial score (nSPS) is 12.8. The minimum Gasteiger partial charge on any atom is -0.497 e. The Bertz CT molecular complexity index is 1230. The highest BCUT2D eigenvalue weighted by Crippen LogP contribution is 2.28. The van der Waals surface area contributed by atoms with E-state index in [2.05, 4.69) is 36.1 Å². The number of nitrogens with two attached hydrogens (primary N) is 1. The van der Waals surface area contributed by atoms with Crippen LogP contribution in [0.4, 0.5) is 5.69 Å². The van der Waals surface area contributed by atoms with Gasteiger partial charge in [0, 0.05) is 19.1 Å². The molecule has 0 heterocycles. The predicted octanol–water partition coefficient (Wildman–Crippen LogP) is 6.02. The molecule has 0 amide bonds. The molecule has 3 N–H and O–H groups in total. The van der Waals surface area contributed by atoms with Gasteiger partial charge in [0.05, 0.1) is 18.9 Å². The van der Waals surface area contributed by atoms with Crippen LogP contribution in [-0.2, 0) is 19.6 Å². The van der Waals surface area contributed by atoms with Crippen molar-refractivity contribution in [3.8, 4) is 11.5 Å². The summed E-state index contributed by atoms with van der Waals surface area (Å²) in [6, 6.07) is 34.3. The van der Waals surface area contributed by atoms with Crippen molar-refractivity contribution in [1.29, 1.82) is 0 Å². The van der Waals surface area contributed by atoms with Gasteiger partial charge in [0.15, 0.2) is 0 Å². The van der Waals surface area contributed by atoms with E-state index in [1.165, 1.54) is 11.1 Å². The summed E-state index contributed by atoms with van der Waals surface area (Å²) < 4.78 is 11.2. The third kappa shape index (κ3) is 7.59. The van der Waals surface area contributed by atoms with Crippen molar-refractivity contribution in [3.63, 3.8) is 0 Å². The first-order valence-electron chi connectivity index (χ1n) is 12.7. The summed E-state index contributed by atoms with van der Waals surface area (Å²) in [7, 11) is 1.68. The zero-order valence-corrected chi connectivity index (χ0v) is 21.6. The van der Waals surface area contributed by atoms with Crippen molar-refractivity contribution in [2.24, 2.45) is 0 Å². The topological polar surface area (TPSA) is 68.0 Å². The quantitative estimate of drug-likeness (QED) is 0.235. The van der Waals surface area contributed by atoms with Gasteiger partial charge in [-0.3, -0.25) is 4.90 Å². The molecule has 0 radical (unpaired) electrons. The Hall–Kier alpha value is -3.80. The molecule has 4 aromatic rings. The molecule has 0 unspecified atom stereocenters. The molecule has 0 aromatic heterocycles. The fourth-order valence-corrected chi connectivity index (χ4v) is 4.42. The van der Waals surface area contributed by atoms with E-state index in [9.17, 15) is 5.11 Å². The van der Waals surface area contributed by atoms with Gasteiger partial charge in [0.1, 0.15) is 18.1 Å². The number of ether oxygens (including phenoxy) is 2. The van der Waals surface area contributed by atoms with Crippen LogP contribution in [0.3, 0.4) is 0 Å². The van der Waals surface area contributed by atoms with E-state index in [-0.39, 0.29) is 6.04 Å². The van der Waals surface area contributed by atoms with E-state index in [4.69, 9.17) is 15.2 Å². The zero-order valence-electron chi connectivity index (χ0n) is 21.6. The van der Waals surface area contributed by atoms with Crippen molar-refractivity contribution in [3.05, 3.63) is 125 Å². The molecule has 4 aromatic carbocycles. The van der Waals surface area contributed by atoms with Crippen LogP contribution in [0.15, 0.2) is 103 Å². The van der Waals surface area contributed by atoms with E-state index in [0.717, 1.165) is 29.8 Å². The van der Waals surface area contributed by atoms with Gasteiger partial charge in [-0.05, 0) is 59.9 Å². The zero-order chi connectivity index (χ0) is 26.0. The molecule has 37 heavy (non-hydrogen) atoms. The van der Waals surface area contributed by atoms with E-state index in [1.807, 2.05) is 78.9 Å². The van der Waals surface area contributed by atoms with Crippen LogP contribution in [-0.4, -0.2) is 29.7 Å². The second-order valence-electron chi connectivity index (χ2n) is 9.40. The third-order valence-electron chi connectivity index (χ3n) is 6.61. The number of benzene rings is 4. The molecule has 0 bridgehead atoms. The number of nitrogens with zero attached hydrogens (tertiary/aromatic N) is 1. The molecule has 0 fully saturated rings. The molecule has 0 saturated carbocycles. The van der Waals surface area contributed by atoms with Crippen molar-refractivity contribution >= 4 is 5.69 Å². The average molecular weight is 497 g/mol. The molecular weight excluding hydrogens is 460 g/mol. The Morgan fingerprint density at radius 3 is 2.08 bits per heavy atom. The number of aliphatic hydroxyl groups excluding tert-OH is 1. The molecule has 0 aliphatic rings. The van der Waals surface area contributed by atoms with Gasteiger partial charge in [-0.1, -0.05) is 78.9 Å². The highest BCUT2D eigenvalue weighted by atomic mass is 16.5.